The van der Waals surface area contributed by atoms with Gasteiger partial charge in [0.15, 0.2) is 0 Å². The Kier molecular flexibility index (Phi) is 6.08. The van der Waals surface area contributed by atoms with E-state index in [1.165, 1.54) is 17.4 Å². The predicted octanol–water partition coefficient (Wildman–Crippen LogP) is 5.30. The summed E-state index contributed by atoms with van der Waals surface area (Å²) in [6.07, 6.45) is 1.47. The van der Waals surface area contributed by atoms with Gasteiger partial charge in [-0.1, -0.05) is 35.3 Å². The molecule has 4 amide bonds. The number of nitrogens with one attached hydrogen (secondary N) is 1. The second-order valence-corrected chi connectivity index (χ2v) is 8.31. The van der Waals surface area contributed by atoms with E-state index in [1.54, 1.807) is 54.6 Å². The van der Waals surface area contributed by atoms with Crippen molar-refractivity contribution in [3.63, 3.8) is 0 Å². The summed E-state index contributed by atoms with van der Waals surface area (Å²) >= 11 is 13.4. The zero-order valence-electron chi connectivity index (χ0n) is 15.8. The maximum atomic E-state index is 12.9. The Morgan fingerprint density at radius 2 is 1.81 bits per heavy atom. The molecule has 0 aliphatic carbocycles. The number of thiophene rings is 1. The number of carbonyl (C=O) groups excluding carboxylic acids is 3. The van der Waals surface area contributed by atoms with E-state index in [0.717, 1.165) is 15.3 Å². The number of hydrogen-bond donors (Lipinski definition) is 1. The minimum Gasteiger partial charge on any atom is -0.489 e. The molecule has 156 valence electrons. The van der Waals surface area contributed by atoms with Gasteiger partial charge in [-0.2, -0.15) is 0 Å². The van der Waals surface area contributed by atoms with Gasteiger partial charge in [-0.15, -0.1) is 11.3 Å². The summed E-state index contributed by atoms with van der Waals surface area (Å²) in [5.41, 5.74) is 0.964. The number of amides is 4. The molecule has 2 heterocycles. The summed E-state index contributed by atoms with van der Waals surface area (Å²) in [4.78, 5) is 39.0. The lowest BCUT2D eigenvalue weighted by atomic mass is 10.1. The van der Waals surface area contributed by atoms with E-state index in [9.17, 15) is 14.4 Å². The first-order valence-corrected chi connectivity index (χ1v) is 10.7. The van der Waals surface area contributed by atoms with Crippen LogP contribution in [0, 0.1) is 0 Å². The van der Waals surface area contributed by atoms with Crippen molar-refractivity contribution in [2.75, 3.05) is 4.90 Å². The van der Waals surface area contributed by atoms with E-state index < -0.39 is 17.8 Å². The van der Waals surface area contributed by atoms with E-state index >= 15 is 0 Å². The van der Waals surface area contributed by atoms with Crippen molar-refractivity contribution in [1.29, 1.82) is 0 Å². The van der Waals surface area contributed by atoms with E-state index in [2.05, 4.69) is 5.32 Å². The Morgan fingerprint density at radius 1 is 1.03 bits per heavy atom. The van der Waals surface area contributed by atoms with Gasteiger partial charge in [0.25, 0.3) is 11.8 Å². The number of hydrogen-bond acceptors (Lipinski definition) is 5. The van der Waals surface area contributed by atoms with Gasteiger partial charge in [-0.3, -0.25) is 14.9 Å². The van der Waals surface area contributed by atoms with Crippen LogP contribution in [0.4, 0.5) is 10.5 Å². The Morgan fingerprint density at radius 3 is 2.48 bits per heavy atom. The second kappa shape index (κ2) is 8.93. The third-order valence-corrected chi connectivity index (χ3v) is 5.84. The fourth-order valence-electron chi connectivity index (χ4n) is 2.90. The molecule has 0 radical (unpaired) electrons. The van der Waals surface area contributed by atoms with Crippen LogP contribution in [0.25, 0.3) is 6.08 Å². The van der Waals surface area contributed by atoms with Crippen molar-refractivity contribution < 1.29 is 19.1 Å². The number of rotatable bonds is 5. The number of urea groups is 1. The highest BCUT2D eigenvalue weighted by Crippen LogP contribution is 2.26. The van der Waals surface area contributed by atoms with Crippen molar-refractivity contribution in [3.8, 4) is 5.75 Å². The molecule has 0 unspecified atom stereocenters. The van der Waals surface area contributed by atoms with Crippen molar-refractivity contribution in [1.82, 2.24) is 5.32 Å². The fraction of sp³-hybridized carbons (Fsp3) is 0.0455. The maximum Gasteiger partial charge on any atom is 0.335 e. The molecule has 0 atom stereocenters. The lowest BCUT2D eigenvalue weighted by Gasteiger charge is -2.26. The SMILES string of the molecule is O=C1NC(=O)N(c2ccc(OCc3ccc(Cl)cc3Cl)cc2)C(=O)/C1=C/c1cccs1. The van der Waals surface area contributed by atoms with Crippen LogP contribution in [0.15, 0.2) is 65.6 Å². The topological polar surface area (TPSA) is 75.7 Å². The predicted molar refractivity (Wildman–Crippen MR) is 121 cm³/mol. The summed E-state index contributed by atoms with van der Waals surface area (Å²) in [5.74, 6) is -0.895. The number of benzene rings is 2. The highest BCUT2D eigenvalue weighted by atomic mass is 35.5. The summed E-state index contributed by atoms with van der Waals surface area (Å²) in [6.45, 7) is 0.223. The summed E-state index contributed by atoms with van der Waals surface area (Å²) in [6, 6.07) is 14.3. The molecule has 1 N–H and O–H groups in total. The number of barbiturate groups is 1. The van der Waals surface area contributed by atoms with Crippen LogP contribution >= 0.6 is 34.5 Å². The molecule has 1 saturated heterocycles. The van der Waals surface area contributed by atoms with Crippen molar-refractivity contribution in [2.24, 2.45) is 0 Å². The zero-order valence-corrected chi connectivity index (χ0v) is 18.1. The third kappa shape index (κ3) is 4.64. The molecular weight excluding hydrogens is 459 g/mol. The fourth-order valence-corrected chi connectivity index (χ4v) is 4.02. The number of halogens is 2. The second-order valence-electron chi connectivity index (χ2n) is 6.49. The first kappa shape index (κ1) is 21.1. The van der Waals surface area contributed by atoms with Crippen LogP contribution in [-0.4, -0.2) is 17.8 Å². The zero-order chi connectivity index (χ0) is 22.0. The van der Waals surface area contributed by atoms with Crippen LogP contribution in [0.1, 0.15) is 10.4 Å². The minimum atomic E-state index is -0.806. The monoisotopic (exact) mass is 472 g/mol. The molecule has 31 heavy (non-hydrogen) atoms. The molecule has 0 bridgehead atoms. The maximum absolute atomic E-state index is 12.9. The molecular formula is C22H14Cl2N2O4S. The quantitative estimate of drug-likeness (QED) is 0.403. The van der Waals surface area contributed by atoms with E-state index in [1.807, 2.05) is 5.38 Å². The lowest BCUT2D eigenvalue weighted by molar-refractivity contribution is -0.122. The standard InChI is InChI=1S/C22H14Cl2N2O4S/c23-14-4-3-13(19(24)10-14)12-30-16-7-5-15(6-8-16)26-21(28)18(20(27)25-22(26)29)11-17-2-1-9-31-17/h1-11H,12H2,(H,25,27,29)/b18-11+. The van der Waals surface area contributed by atoms with Crippen LogP contribution in [-0.2, 0) is 16.2 Å². The van der Waals surface area contributed by atoms with E-state index in [0.29, 0.717) is 21.5 Å². The van der Waals surface area contributed by atoms with Crippen LogP contribution < -0.4 is 15.0 Å². The molecule has 0 spiro atoms. The average molecular weight is 473 g/mol. The Balaban J connectivity index is 1.51. The first-order valence-electron chi connectivity index (χ1n) is 9.04. The number of ether oxygens (including phenoxy) is 1. The third-order valence-electron chi connectivity index (χ3n) is 4.44. The van der Waals surface area contributed by atoms with Crippen LogP contribution in [0.2, 0.25) is 10.0 Å². The summed E-state index contributed by atoms with van der Waals surface area (Å²) in [7, 11) is 0. The molecule has 1 fully saturated rings. The Bertz CT molecular complexity index is 1190. The molecule has 1 aliphatic rings. The van der Waals surface area contributed by atoms with Gasteiger partial charge in [0.2, 0.25) is 0 Å². The molecule has 3 aromatic rings. The molecule has 6 nitrogen and oxygen atoms in total. The molecule has 9 heteroatoms. The van der Waals surface area contributed by atoms with Gasteiger partial charge in [0.05, 0.1) is 5.69 Å². The van der Waals surface area contributed by atoms with Crippen LogP contribution in [0.5, 0.6) is 5.75 Å². The van der Waals surface area contributed by atoms with Crippen molar-refractivity contribution >= 4 is 64.1 Å². The minimum absolute atomic E-state index is 0.111. The number of carbonyl (C=O) groups is 3. The molecule has 1 aromatic heterocycles. The van der Waals surface area contributed by atoms with Gasteiger partial charge in [0, 0.05) is 20.5 Å². The highest BCUT2D eigenvalue weighted by Gasteiger charge is 2.36. The summed E-state index contributed by atoms with van der Waals surface area (Å²) < 4.78 is 5.72. The van der Waals surface area contributed by atoms with Crippen molar-refractivity contribution in [2.45, 2.75) is 6.61 Å². The Hall–Kier alpha value is -3.13. The van der Waals surface area contributed by atoms with Crippen LogP contribution in [0.3, 0.4) is 0 Å². The number of nitrogens with zero attached hydrogens (tertiary/aromatic N) is 1. The molecule has 1 aliphatic heterocycles. The van der Waals surface area contributed by atoms with E-state index in [-0.39, 0.29) is 12.2 Å². The van der Waals surface area contributed by atoms with Gasteiger partial charge in [-0.05, 0) is 53.9 Å². The smallest absolute Gasteiger partial charge is 0.335 e. The average Bonchev–Trinajstić information content (AvgIpc) is 3.25. The highest BCUT2D eigenvalue weighted by molar-refractivity contribution is 7.10. The van der Waals surface area contributed by atoms with E-state index in [4.69, 9.17) is 27.9 Å². The summed E-state index contributed by atoms with van der Waals surface area (Å²) in [5, 5.41) is 5.06. The van der Waals surface area contributed by atoms with Gasteiger partial charge < -0.3 is 4.74 Å². The molecule has 2 aromatic carbocycles. The van der Waals surface area contributed by atoms with Gasteiger partial charge in [0.1, 0.15) is 17.9 Å². The molecule has 4 rings (SSSR count). The largest absolute Gasteiger partial charge is 0.489 e. The van der Waals surface area contributed by atoms with Gasteiger partial charge >= 0.3 is 6.03 Å². The first-order chi connectivity index (χ1) is 14.9. The number of anilines is 1. The molecule has 0 saturated carbocycles. The Labute approximate surface area is 191 Å². The lowest BCUT2D eigenvalue weighted by Crippen LogP contribution is -2.54. The van der Waals surface area contributed by atoms with Crippen molar-refractivity contribution in [3.05, 3.63) is 86.0 Å². The number of imide groups is 2. The van der Waals surface area contributed by atoms with Gasteiger partial charge in [-0.25, -0.2) is 9.69 Å². The normalized spacial score (nSPS) is 15.4.